The maximum atomic E-state index is 11.1. The van der Waals surface area contributed by atoms with Crippen LogP contribution in [0.5, 0.6) is 5.75 Å². The molecule has 0 aliphatic carbocycles. The molecule has 0 amide bonds. The summed E-state index contributed by atoms with van der Waals surface area (Å²) in [6, 6.07) is 17.4. The van der Waals surface area contributed by atoms with Crippen molar-refractivity contribution < 1.29 is 19.4 Å². The van der Waals surface area contributed by atoms with Gasteiger partial charge in [-0.25, -0.2) is 4.98 Å². The number of aliphatic hydroxyl groups is 1. The average molecular weight is 651 g/mol. The van der Waals surface area contributed by atoms with Crippen LogP contribution >= 0.6 is 22.7 Å². The molecule has 240 valence electrons. The summed E-state index contributed by atoms with van der Waals surface area (Å²) in [5, 5.41) is 28.0. The lowest BCUT2D eigenvalue weighted by atomic mass is 10.1. The molecule has 2 aromatic heterocycles. The summed E-state index contributed by atoms with van der Waals surface area (Å²) in [5.74, 6) is 0.721. The van der Waals surface area contributed by atoms with Gasteiger partial charge in [0.25, 0.3) is 0 Å². The van der Waals surface area contributed by atoms with E-state index in [1.807, 2.05) is 61.5 Å². The van der Waals surface area contributed by atoms with Gasteiger partial charge < -0.3 is 19.5 Å². The predicted octanol–water partition coefficient (Wildman–Crippen LogP) is 10.1. The molecule has 0 radical (unpaired) electrons. The van der Waals surface area contributed by atoms with Crippen molar-refractivity contribution in [1.29, 1.82) is 0 Å². The number of hydrogen-bond donors (Lipinski definition) is 1. The van der Waals surface area contributed by atoms with E-state index in [-0.39, 0.29) is 12.6 Å². The lowest BCUT2D eigenvalue weighted by Gasteiger charge is -2.21. The third kappa shape index (κ3) is 11.6. The van der Waals surface area contributed by atoms with Crippen molar-refractivity contribution in [1.82, 2.24) is 4.98 Å². The number of carbonyl (C=O) groups excluding carboxylic acids is 1. The van der Waals surface area contributed by atoms with E-state index in [2.05, 4.69) is 37.3 Å². The van der Waals surface area contributed by atoms with Gasteiger partial charge in [-0.3, -0.25) is 4.79 Å². The Morgan fingerprint density at radius 1 is 0.822 bits per heavy atom. The van der Waals surface area contributed by atoms with E-state index in [9.17, 15) is 9.90 Å². The molecule has 1 N–H and O–H groups in total. The van der Waals surface area contributed by atoms with Crippen molar-refractivity contribution in [2.75, 3.05) is 37.8 Å². The van der Waals surface area contributed by atoms with Gasteiger partial charge in [0.1, 0.15) is 15.6 Å². The van der Waals surface area contributed by atoms with Gasteiger partial charge in [-0.1, -0.05) is 61.7 Å². The minimum Gasteiger partial charge on any atom is -0.494 e. The lowest BCUT2D eigenvalue weighted by molar-refractivity contribution is -0.143. The standard InChI is InChI=1S/C33H42N6O4S2/c1-3-31(41)43-23-11-9-7-5-6-8-10-22-42-28-18-14-26(15-19-28)35-37-30-24-29-32(45-30)34-33(44-29)38-36-25-12-16-27(17-13-25)39(4-2)20-21-40/h12-19,24,40H,3-11,20-23H2,1-2H3. The molecular formula is C33H42N6O4S2. The van der Waals surface area contributed by atoms with Crippen LogP contribution < -0.4 is 9.64 Å². The number of aliphatic hydroxyl groups excluding tert-OH is 1. The van der Waals surface area contributed by atoms with Crippen molar-refractivity contribution >= 4 is 65.4 Å². The third-order valence-electron chi connectivity index (χ3n) is 6.99. The minimum absolute atomic E-state index is 0.112. The zero-order chi connectivity index (χ0) is 31.7. The van der Waals surface area contributed by atoms with Crippen molar-refractivity contribution in [3.05, 3.63) is 54.6 Å². The molecule has 4 rings (SSSR count). The number of thiophene rings is 1. The van der Waals surface area contributed by atoms with Crippen LogP contribution in [0.25, 0.3) is 9.53 Å². The molecule has 2 aromatic carbocycles. The van der Waals surface area contributed by atoms with Crippen molar-refractivity contribution in [3.63, 3.8) is 0 Å². The first-order valence-corrected chi connectivity index (χ1v) is 17.3. The van der Waals surface area contributed by atoms with E-state index in [1.165, 1.54) is 41.9 Å². The SMILES string of the molecule is CCC(=O)OCCCCCCCCCOc1ccc(N=Nc2cc3sc(N=Nc4ccc(N(CC)CCO)cc4)nc3s2)cc1. The van der Waals surface area contributed by atoms with Crippen LogP contribution in [0, 0.1) is 0 Å². The van der Waals surface area contributed by atoms with Gasteiger partial charge in [0.15, 0.2) is 0 Å². The highest BCUT2D eigenvalue weighted by atomic mass is 32.1. The zero-order valence-corrected chi connectivity index (χ0v) is 27.7. The Bertz CT molecular complexity index is 1470. The molecule has 0 aliphatic heterocycles. The number of ether oxygens (including phenoxy) is 2. The fraction of sp³-hybridized carbons (Fsp3) is 0.455. The number of esters is 1. The fourth-order valence-corrected chi connectivity index (χ4v) is 6.36. The molecule has 0 atom stereocenters. The van der Waals surface area contributed by atoms with E-state index < -0.39 is 0 Å². The average Bonchev–Trinajstić information content (AvgIpc) is 3.63. The molecule has 2 heterocycles. The first-order chi connectivity index (χ1) is 22.1. The highest BCUT2D eigenvalue weighted by Gasteiger charge is 2.09. The highest BCUT2D eigenvalue weighted by molar-refractivity contribution is 7.30. The minimum atomic E-state index is -0.112. The van der Waals surface area contributed by atoms with Gasteiger partial charge in [-0.05, 0) is 74.4 Å². The summed E-state index contributed by atoms with van der Waals surface area (Å²) in [7, 11) is 0. The van der Waals surface area contributed by atoms with Gasteiger partial charge >= 0.3 is 5.97 Å². The largest absolute Gasteiger partial charge is 0.494 e. The number of aromatic nitrogens is 1. The van der Waals surface area contributed by atoms with Gasteiger partial charge in [0, 0.05) is 25.2 Å². The van der Waals surface area contributed by atoms with Gasteiger partial charge in [0.05, 0.1) is 35.9 Å². The number of thiazole rings is 1. The molecule has 4 aromatic rings. The smallest absolute Gasteiger partial charge is 0.305 e. The Balaban J connectivity index is 1.14. The molecule has 12 heteroatoms. The summed E-state index contributed by atoms with van der Waals surface area (Å²) in [6.07, 6.45) is 8.25. The van der Waals surface area contributed by atoms with E-state index in [4.69, 9.17) is 9.47 Å². The van der Waals surface area contributed by atoms with E-state index >= 15 is 0 Å². The topological polar surface area (TPSA) is 121 Å². The number of azo groups is 2. The van der Waals surface area contributed by atoms with E-state index in [1.54, 1.807) is 0 Å². The van der Waals surface area contributed by atoms with Crippen LogP contribution in [0.15, 0.2) is 75.1 Å². The van der Waals surface area contributed by atoms with E-state index in [0.717, 1.165) is 69.6 Å². The maximum absolute atomic E-state index is 11.1. The molecule has 45 heavy (non-hydrogen) atoms. The van der Waals surface area contributed by atoms with E-state index in [0.29, 0.717) is 31.3 Å². The predicted molar refractivity (Wildman–Crippen MR) is 183 cm³/mol. The Morgan fingerprint density at radius 3 is 2.11 bits per heavy atom. The van der Waals surface area contributed by atoms with Gasteiger partial charge in [-0.15, -0.1) is 20.5 Å². The molecule has 0 saturated heterocycles. The number of anilines is 1. The number of fused-ring (bicyclic) bond motifs is 1. The van der Waals surface area contributed by atoms with Crippen LogP contribution in [-0.2, 0) is 9.53 Å². The normalized spacial score (nSPS) is 11.6. The van der Waals surface area contributed by atoms with Gasteiger partial charge in [-0.2, -0.15) is 0 Å². The van der Waals surface area contributed by atoms with Gasteiger partial charge in [0.2, 0.25) is 5.13 Å². The molecule has 0 saturated carbocycles. The molecule has 0 bridgehead atoms. The van der Waals surface area contributed by atoms with Crippen LogP contribution in [0.2, 0.25) is 0 Å². The lowest BCUT2D eigenvalue weighted by Crippen LogP contribution is -2.25. The number of carbonyl (C=O) groups is 1. The second-order valence-electron chi connectivity index (χ2n) is 10.4. The third-order valence-corrected chi connectivity index (χ3v) is 8.92. The molecule has 0 spiro atoms. The summed E-state index contributed by atoms with van der Waals surface area (Å²) in [4.78, 5) is 18.6. The number of unbranched alkanes of at least 4 members (excludes halogenated alkanes) is 6. The second-order valence-corrected chi connectivity index (χ2v) is 12.4. The van der Waals surface area contributed by atoms with Crippen molar-refractivity contribution in [3.8, 4) is 5.75 Å². The number of rotatable bonds is 20. The molecule has 0 fully saturated rings. The molecular weight excluding hydrogens is 609 g/mol. The summed E-state index contributed by atoms with van der Waals surface area (Å²) < 4.78 is 12.0. The number of likely N-dealkylation sites (N-methyl/N-ethyl adjacent to an activating group) is 1. The maximum Gasteiger partial charge on any atom is 0.305 e. The number of nitrogens with zero attached hydrogens (tertiary/aromatic N) is 6. The molecule has 0 unspecified atom stereocenters. The number of hydrogen-bond acceptors (Lipinski definition) is 12. The zero-order valence-electron chi connectivity index (χ0n) is 26.1. The summed E-state index contributed by atoms with van der Waals surface area (Å²) in [6.45, 7) is 6.66. The second kappa shape index (κ2) is 18.9. The summed E-state index contributed by atoms with van der Waals surface area (Å²) in [5.41, 5.74) is 2.55. The quantitative estimate of drug-likeness (QED) is 0.0577. The van der Waals surface area contributed by atoms with Crippen LogP contribution in [0.1, 0.15) is 65.2 Å². The summed E-state index contributed by atoms with van der Waals surface area (Å²) >= 11 is 2.94. The van der Waals surface area contributed by atoms with Crippen molar-refractivity contribution in [2.24, 2.45) is 20.5 Å². The van der Waals surface area contributed by atoms with Crippen molar-refractivity contribution in [2.45, 2.75) is 65.2 Å². The molecule has 10 nitrogen and oxygen atoms in total. The Morgan fingerprint density at radius 2 is 1.47 bits per heavy atom. The number of benzene rings is 2. The van der Waals surface area contributed by atoms with Crippen LogP contribution in [0.3, 0.4) is 0 Å². The Kier molecular flexibility index (Phi) is 14.4. The first-order valence-electron chi connectivity index (χ1n) is 15.7. The fourth-order valence-electron chi connectivity index (χ4n) is 4.51. The highest BCUT2D eigenvalue weighted by Crippen LogP contribution is 2.39. The first kappa shape index (κ1) is 34.1. The monoisotopic (exact) mass is 650 g/mol. The van der Waals surface area contributed by atoms with Crippen LogP contribution in [-0.4, -0.2) is 49.0 Å². The van der Waals surface area contributed by atoms with Crippen LogP contribution in [0.4, 0.5) is 27.2 Å². The Hall–Kier alpha value is -3.74. The molecule has 0 aliphatic rings. The Labute approximate surface area is 272 Å².